The second-order valence-electron chi connectivity index (χ2n) is 5.86. The number of amides is 1. The van der Waals surface area contributed by atoms with Gasteiger partial charge in [0.05, 0.1) is 11.0 Å². The third kappa shape index (κ3) is 2.69. The molecule has 4 rings (SSSR count). The van der Waals surface area contributed by atoms with Crippen molar-refractivity contribution in [2.45, 2.75) is 6.42 Å². The average molecular weight is 321 g/mol. The summed E-state index contributed by atoms with van der Waals surface area (Å²) in [5.74, 6) is -0.400. The SMILES string of the molecule is O=C(c1ccc(F)cc1)N1CC=C(c2cc3ncccc3[nH]2)CC1. The number of benzene rings is 1. The number of rotatable bonds is 2. The Morgan fingerprint density at radius 3 is 2.75 bits per heavy atom. The fraction of sp³-hybridized carbons (Fsp3) is 0.158. The molecule has 120 valence electrons. The van der Waals surface area contributed by atoms with Gasteiger partial charge in [-0.1, -0.05) is 6.08 Å². The van der Waals surface area contributed by atoms with E-state index < -0.39 is 0 Å². The van der Waals surface area contributed by atoms with E-state index >= 15 is 0 Å². The van der Waals surface area contributed by atoms with Crippen LogP contribution in [0.15, 0.2) is 54.7 Å². The zero-order valence-corrected chi connectivity index (χ0v) is 13.0. The molecule has 4 nitrogen and oxygen atoms in total. The average Bonchev–Trinajstić information content (AvgIpc) is 3.06. The van der Waals surface area contributed by atoms with Crippen molar-refractivity contribution in [2.75, 3.05) is 13.1 Å². The second-order valence-corrected chi connectivity index (χ2v) is 5.86. The molecule has 1 aliphatic rings. The standard InChI is InChI=1S/C19H16FN3O/c20-15-5-3-14(4-6-15)19(24)23-10-7-13(8-11-23)17-12-18-16(22-17)2-1-9-21-18/h1-7,9,12,22H,8,10-11H2. The fourth-order valence-electron chi connectivity index (χ4n) is 3.00. The fourth-order valence-corrected chi connectivity index (χ4v) is 3.00. The van der Waals surface area contributed by atoms with E-state index in [-0.39, 0.29) is 11.7 Å². The van der Waals surface area contributed by atoms with Gasteiger partial charge in [0.2, 0.25) is 0 Å². The predicted octanol–water partition coefficient (Wildman–Crippen LogP) is 3.63. The number of hydrogen-bond acceptors (Lipinski definition) is 2. The zero-order valence-electron chi connectivity index (χ0n) is 13.0. The lowest BCUT2D eigenvalue weighted by Crippen LogP contribution is -2.34. The molecule has 0 saturated carbocycles. The van der Waals surface area contributed by atoms with Crippen molar-refractivity contribution in [3.05, 3.63) is 71.8 Å². The van der Waals surface area contributed by atoms with Gasteiger partial charge in [0.15, 0.2) is 0 Å². The van der Waals surface area contributed by atoms with Crippen LogP contribution in [0.25, 0.3) is 16.6 Å². The van der Waals surface area contributed by atoms with Crippen molar-refractivity contribution in [3.63, 3.8) is 0 Å². The molecule has 3 heterocycles. The largest absolute Gasteiger partial charge is 0.353 e. The summed E-state index contributed by atoms with van der Waals surface area (Å²) in [6, 6.07) is 11.6. The van der Waals surface area contributed by atoms with Gasteiger partial charge < -0.3 is 9.88 Å². The number of nitrogens with one attached hydrogen (secondary N) is 1. The number of carbonyl (C=O) groups is 1. The van der Waals surface area contributed by atoms with Crippen molar-refractivity contribution in [2.24, 2.45) is 0 Å². The van der Waals surface area contributed by atoms with E-state index in [1.165, 1.54) is 29.8 Å². The van der Waals surface area contributed by atoms with E-state index in [9.17, 15) is 9.18 Å². The third-order valence-electron chi connectivity index (χ3n) is 4.32. The van der Waals surface area contributed by atoms with E-state index in [0.717, 1.165) is 23.1 Å². The maximum absolute atomic E-state index is 13.0. The molecule has 2 aromatic heterocycles. The minimum Gasteiger partial charge on any atom is -0.353 e. The molecule has 3 aromatic rings. The summed E-state index contributed by atoms with van der Waals surface area (Å²) < 4.78 is 13.0. The molecular weight excluding hydrogens is 305 g/mol. The lowest BCUT2D eigenvalue weighted by molar-refractivity contribution is 0.0773. The maximum Gasteiger partial charge on any atom is 0.254 e. The summed E-state index contributed by atoms with van der Waals surface area (Å²) in [6.07, 6.45) is 4.62. The Balaban J connectivity index is 1.52. The first kappa shape index (κ1) is 14.6. The molecular formula is C19H16FN3O. The molecule has 5 heteroatoms. The van der Waals surface area contributed by atoms with Gasteiger partial charge in [-0.2, -0.15) is 0 Å². The van der Waals surface area contributed by atoms with Crippen LogP contribution in [0, 0.1) is 5.82 Å². The molecule has 1 N–H and O–H groups in total. The number of H-pyrrole nitrogens is 1. The van der Waals surface area contributed by atoms with Crippen LogP contribution >= 0.6 is 0 Å². The van der Waals surface area contributed by atoms with Gasteiger partial charge in [-0.05, 0) is 54.5 Å². The highest BCUT2D eigenvalue weighted by Crippen LogP contribution is 2.25. The number of pyridine rings is 1. The number of hydrogen-bond donors (Lipinski definition) is 1. The second kappa shape index (κ2) is 5.92. The molecule has 0 bridgehead atoms. The highest BCUT2D eigenvalue weighted by atomic mass is 19.1. The van der Waals surface area contributed by atoms with E-state index in [0.29, 0.717) is 18.7 Å². The molecule has 0 aliphatic carbocycles. The van der Waals surface area contributed by atoms with E-state index in [1.807, 2.05) is 18.2 Å². The summed E-state index contributed by atoms with van der Waals surface area (Å²) in [4.78, 5) is 21.9. The Bertz CT molecular complexity index is 894. The lowest BCUT2D eigenvalue weighted by atomic mass is 10.0. The predicted molar refractivity (Wildman–Crippen MR) is 91.0 cm³/mol. The van der Waals surface area contributed by atoms with Gasteiger partial charge >= 0.3 is 0 Å². The summed E-state index contributed by atoms with van der Waals surface area (Å²) >= 11 is 0. The van der Waals surface area contributed by atoms with E-state index in [4.69, 9.17) is 0 Å². The summed E-state index contributed by atoms with van der Waals surface area (Å²) in [7, 11) is 0. The van der Waals surface area contributed by atoms with Crippen LogP contribution in [0.1, 0.15) is 22.5 Å². The van der Waals surface area contributed by atoms with Crippen molar-refractivity contribution in [1.82, 2.24) is 14.9 Å². The topological polar surface area (TPSA) is 49.0 Å². The molecule has 1 amide bonds. The number of nitrogens with zero attached hydrogens (tertiary/aromatic N) is 2. The molecule has 0 spiro atoms. The molecule has 24 heavy (non-hydrogen) atoms. The summed E-state index contributed by atoms with van der Waals surface area (Å²) in [5.41, 5.74) is 4.72. The number of aromatic nitrogens is 2. The molecule has 1 aromatic carbocycles. The Morgan fingerprint density at radius 1 is 1.21 bits per heavy atom. The van der Waals surface area contributed by atoms with Crippen molar-refractivity contribution in [1.29, 1.82) is 0 Å². The minimum absolute atomic E-state index is 0.0661. The maximum atomic E-state index is 13.0. The number of carbonyl (C=O) groups excluding carboxylic acids is 1. The molecule has 0 saturated heterocycles. The van der Waals surface area contributed by atoms with Gasteiger partial charge in [-0.3, -0.25) is 9.78 Å². The molecule has 0 radical (unpaired) electrons. The first-order valence-electron chi connectivity index (χ1n) is 7.89. The van der Waals surface area contributed by atoms with Crippen LogP contribution in [0.3, 0.4) is 0 Å². The van der Waals surface area contributed by atoms with Crippen molar-refractivity contribution in [3.8, 4) is 0 Å². The van der Waals surface area contributed by atoms with Gasteiger partial charge in [0.1, 0.15) is 5.82 Å². The summed E-state index contributed by atoms with van der Waals surface area (Å²) in [5, 5.41) is 0. The van der Waals surface area contributed by atoms with Crippen LogP contribution in [0.2, 0.25) is 0 Å². The van der Waals surface area contributed by atoms with E-state index in [1.54, 1.807) is 11.1 Å². The Morgan fingerprint density at radius 2 is 2.04 bits per heavy atom. The van der Waals surface area contributed by atoms with Gasteiger partial charge in [-0.15, -0.1) is 0 Å². The molecule has 1 aliphatic heterocycles. The van der Waals surface area contributed by atoms with Gasteiger partial charge in [-0.25, -0.2) is 4.39 Å². The van der Waals surface area contributed by atoms with Crippen LogP contribution in [-0.2, 0) is 0 Å². The third-order valence-corrected chi connectivity index (χ3v) is 4.32. The lowest BCUT2D eigenvalue weighted by Gasteiger charge is -2.26. The van der Waals surface area contributed by atoms with Crippen LogP contribution in [0.5, 0.6) is 0 Å². The molecule has 0 unspecified atom stereocenters. The Kier molecular flexibility index (Phi) is 3.61. The van der Waals surface area contributed by atoms with Crippen molar-refractivity contribution < 1.29 is 9.18 Å². The Labute approximate surface area is 138 Å². The zero-order chi connectivity index (χ0) is 16.5. The van der Waals surface area contributed by atoms with E-state index in [2.05, 4.69) is 16.0 Å². The van der Waals surface area contributed by atoms with Crippen LogP contribution < -0.4 is 0 Å². The van der Waals surface area contributed by atoms with Crippen LogP contribution in [-0.4, -0.2) is 33.9 Å². The number of fused-ring (bicyclic) bond motifs is 1. The monoisotopic (exact) mass is 321 g/mol. The molecule has 0 fully saturated rings. The van der Waals surface area contributed by atoms with Crippen LogP contribution in [0.4, 0.5) is 4.39 Å². The highest BCUT2D eigenvalue weighted by molar-refractivity contribution is 5.94. The quantitative estimate of drug-likeness (QED) is 0.783. The molecule has 0 atom stereocenters. The summed E-state index contributed by atoms with van der Waals surface area (Å²) in [6.45, 7) is 1.19. The first-order chi connectivity index (χ1) is 11.7. The van der Waals surface area contributed by atoms with Gasteiger partial charge in [0, 0.05) is 30.5 Å². The van der Waals surface area contributed by atoms with Crippen molar-refractivity contribution >= 4 is 22.5 Å². The highest BCUT2D eigenvalue weighted by Gasteiger charge is 2.20. The van der Waals surface area contributed by atoms with Gasteiger partial charge in [0.25, 0.3) is 5.91 Å². The number of halogens is 1. The minimum atomic E-state index is -0.334. The first-order valence-corrected chi connectivity index (χ1v) is 7.89. The Hall–Kier alpha value is -2.95. The smallest absolute Gasteiger partial charge is 0.254 e. The normalized spacial score (nSPS) is 14.7. The number of aromatic amines is 1.